The molecule has 84 valence electrons. The van der Waals surface area contributed by atoms with Gasteiger partial charge in [-0.2, -0.15) is 0 Å². The van der Waals surface area contributed by atoms with Crippen molar-refractivity contribution in [2.45, 2.75) is 0 Å². The molecule has 2 aromatic heterocycles. The molecule has 0 radical (unpaired) electrons. The minimum absolute atomic E-state index is 0.707. The van der Waals surface area contributed by atoms with E-state index in [2.05, 4.69) is 20.9 Å². The van der Waals surface area contributed by atoms with E-state index in [9.17, 15) is 0 Å². The van der Waals surface area contributed by atoms with Crippen molar-refractivity contribution in [3.05, 3.63) is 58.3 Å². The average molecular weight is 308 g/mol. The highest BCUT2D eigenvalue weighted by Gasteiger charge is 2.10. The van der Waals surface area contributed by atoms with Crippen molar-refractivity contribution in [3.63, 3.8) is 0 Å². The Morgan fingerprint density at radius 3 is 2.76 bits per heavy atom. The molecule has 0 N–H and O–H groups in total. The molecule has 0 saturated heterocycles. The van der Waals surface area contributed by atoms with Gasteiger partial charge in [0.05, 0.1) is 16.7 Å². The molecule has 2 heterocycles. The molecule has 0 aliphatic rings. The van der Waals surface area contributed by atoms with Crippen LogP contribution in [-0.2, 0) is 0 Å². The molecule has 0 atom stereocenters. The van der Waals surface area contributed by atoms with E-state index in [0.717, 1.165) is 21.4 Å². The monoisotopic (exact) mass is 306 g/mol. The number of halogens is 2. The van der Waals surface area contributed by atoms with Gasteiger partial charge in [-0.05, 0) is 18.2 Å². The summed E-state index contributed by atoms with van der Waals surface area (Å²) in [7, 11) is 0. The smallest absolute Gasteiger partial charge is 0.145 e. The first-order chi connectivity index (χ1) is 8.27. The highest BCUT2D eigenvalue weighted by atomic mass is 79.9. The molecule has 0 unspecified atom stereocenters. The summed E-state index contributed by atoms with van der Waals surface area (Å²) in [6, 6.07) is 11.8. The number of pyridine rings is 1. The predicted octanol–water partition coefficient (Wildman–Crippen LogP) is 4.42. The third kappa shape index (κ3) is 1.75. The van der Waals surface area contributed by atoms with Crippen molar-refractivity contribution in [1.29, 1.82) is 0 Å². The van der Waals surface area contributed by atoms with Crippen LogP contribution in [0.15, 0.2) is 53.3 Å². The summed E-state index contributed by atoms with van der Waals surface area (Å²) < 4.78 is 3.01. The second kappa shape index (κ2) is 4.17. The minimum atomic E-state index is 0.707. The molecule has 3 aromatic rings. The summed E-state index contributed by atoms with van der Waals surface area (Å²) in [5.74, 6) is 0.884. The van der Waals surface area contributed by atoms with Gasteiger partial charge in [0, 0.05) is 16.2 Å². The van der Waals surface area contributed by atoms with Crippen LogP contribution in [0.25, 0.3) is 16.9 Å². The Morgan fingerprint density at radius 1 is 1.12 bits per heavy atom. The van der Waals surface area contributed by atoms with E-state index >= 15 is 0 Å². The van der Waals surface area contributed by atoms with E-state index in [1.54, 1.807) is 6.20 Å². The minimum Gasteiger partial charge on any atom is -0.298 e. The third-order valence-corrected chi connectivity index (χ3v) is 3.65. The van der Waals surface area contributed by atoms with Gasteiger partial charge < -0.3 is 0 Å². The normalized spacial score (nSPS) is 10.9. The summed E-state index contributed by atoms with van der Waals surface area (Å²) in [6.07, 6.45) is 3.75. The summed E-state index contributed by atoms with van der Waals surface area (Å²) in [6.45, 7) is 0. The lowest BCUT2D eigenvalue weighted by Crippen LogP contribution is -1.89. The van der Waals surface area contributed by atoms with Crippen molar-refractivity contribution in [2.75, 3.05) is 0 Å². The Hall–Kier alpha value is -1.32. The first-order valence-electron chi connectivity index (χ1n) is 5.14. The van der Waals surface area contributed by atoms with E-state index in [1.807, 2.05) is 47.0 Å². The summed E-state index contributed by atoms with van der Waals surface area (Å²) >= 11 is 9.66. The van der Waals surface area contributed by atoms with Gasteiger partial charge in [0.1, 0.15) is 5.82 Å². The lowest BCUT2D eigenvalue weighted by molar-refractivity contribution is 1.16. The molecule has 2 nitrogen and oxygen atoms in total. The average Bonchev–Trinajstić information content (AvgIpc) is 2.75. The van der Waals surface area contributed by atoms with Crippen molar-refractivity contribution in [2.24, 2.45) is 0 Å². The molecule has 0 fully saturated rings. The second-order valence-electron chi connectivity index (χ2n) is 3.67. The fraction of sp³-hybridized carbons (Fsp3) is 0. The van der Waals surface area contributed by atoms with Gasteiger partial charge in [0.25, 0.3) is 0 Å². The van der Waals surface area contributed by atoms with E-state index < -0.39 is 0 Å². The molecule has 1 aromatic carbocycles. The Labute approximate surface area is 112 Å². The lowest BCUT2D eigenvalue weighted by atomic mass is 10.2. The fourth-order valence-corrected chi connectivity index (χ4v) is 2.50. The maximum absolute atomic E-state index is 6.13. The van der Waals surface area contributed by atoms with E-state index in [0.29, 0.717) is 5.02 Å². The fourth-order valence-electron chi connectivity index (χ4n) is 1.83. The second-order valence-corrected chi connectivity index (χ2v) is 4.93. The van der Waals surface area contributed by atoms with Crippen LogP contribution < -0.4 is 0 Å². The Bertz CT molecular complexity index is 691. The van der Waals surface area contributed by atoms with Crippen LogP contribution >= 0.6 is 27.5 Å². The summed E-state index contributed by atoms with van der Waals surface area (Å²) in [5, 5.41) is 0.707. The van der Waals surface area contributed by atoms with Crippen LogP contribution in [0.5, 0.6) is 0 Å². The van der Waals surface area contributed by atoms with Gasteiger partial charge >= 0.3 is 0 Å². The SMILES string of the molecule is Clc1cccn2c(-c3ccccc3Br)ncc12. The first-order valence-corrected chi connectivity index (χ1v) is 6.31. The van der Waals surface area contributed by atoms with E-state index in [-0.39, 0.29) is 0 Å². The number of benzene rings is 1. The third-order valence-electron chi connectivity index (χ3n) is 2.63. The van der Waals surface area contributed by atoms with Gasteiger partial charge in [-0.3, -0.25) is 4.40 Å². The van der Waals surface area contributed by atoms with Gasteiger partial charge in [-0.15, -0.1) is 0 Å². The molecule has 0 amide bonds. The van der Waals surface area contributed by atoms with Gasteiger partial charge in [-0.25, -0.2) is 4.98 Å². The first kappa shape index (κ1) is 10.8. The van der Waals surface area contributed by atoms with Crippen LogP contribution in [0.1, 0.15) is 0 Å². The summed E-state index contributed by atoms with van der Waals surface area (Å²) in [5.41, 5.74) is 1.97. The van der Waals surface area contributed by atoms with Gasteiger partial charge in [0.2, 0.25) is 0 Å². The molecule has 0 bridgehead atoms. The van der Waals surface area contributed by atoms with Crippen LogP contribution in [0, 0.1) is 0 Å². The van der Waals surface area contributed by atoms with Gasteiger partial charge in [0.15, 0.2) is 0 Å². The quantitative estimate of drug-likeness (QED) is 0.650. The number of fused-ring (bicyclic) bond motifs is 1. The Balaban J connectivity index is 2.33. The van der Waals surface area contributed by atoms with Crippen molar-refractivity contribution in [3.8, 4) is 11.4 Å². The zero-order valence-corrected chi connectivity index (χ0v) is 11.1. The van der Waals surface area contributed by atoms with Crippen molar-refractivity contribution in [1.82, 2.24) is 9.38 Å². The van der Waals surface area contributed by atoms with Crippen molar-refractivity contribution < 1.29 is 0 Å². The lowest BCUT2D eigenvalue weighted by Gasteiger charge is -2.04. The molecular weight excluding hydrogens is 300 g/mol. The molecule has 3 rings (SSSR count). The Kier molecular flexibility index (Phi) is 2.65. The Morgan fingerprint density at radius 2 is 1.94 bits per heavy atom. The number of aromatic nitrogens is 2. The highest BCUT2D eigenvalue weighted by Crippen LogP contribution is 2.29. The molecule has 0 aliphatic carbocycles. The van der Waals surface area contributed by atoms with Crippen LogP contribution in [0.2, 0.25) is 5.02 Å². The molecular formula is C13H8BrClN2. The van der Waals surface area contributed by atoms with Crippen molar-refractivity contribution >= 4 is 33.0 Å². The topological polar surface area (TPSA) is 17.3 Å². The van der Waals surface area contributed by atoms with Crippen LogP contribution in [0.3, 0.4) is 0 Å². The summed E-state index contributed by atoms with van der Waals surface area (Å²) in [4.78, 5) is 4.44. The van der Waals surface area contributed by atoms with E-state index in [1.165, 1.54) is 0 Å². The van der Waals surface area contributed by atoms with Gasteiger partial charge in [-0.1, -0.05) is 45.7 Å². The largest absolute Gasteiger partial charge is 0.298 e. The zero-order chi connectivity index (χ0) is 11.8. The zero-order valence-electron chi connectivity index (χ0n) is 8.77. The number of hydrogen-bond donors (Lipinski definition) is 0. The number of hydrogen-bond acceptors (Lipinski definition) is 1. The molecule has 0 saturated carbocycles. The molecule has 0 aliphatic heterocycles. The maximum Gasteiger partial charge on any atom is 0.145 e. The van der Waals surface area contributed by atoms with Crippen LogP contribution in [0.4, 0.5) is 0 Å². The highest BCUT2D eigenvalue weighted by molar-refractivity contribution is 9.10. The molecule has 4 heteroatoms. The number of nitrogens with zero attached hydrogens (tertiary/aromatic N) is 2. The molecule has 0 spiro atoms. The molecule has 17 heavy (non-hydrogen) atoms. The standard InChI is InChI=1S/C13H8BrClN2/c14-10-5-2-1-4-9(10)13-16-8-12-11(15)6-3-7-17(12)13/h1-8H. The van der Waals surface area contributed by atoms with E-state index in [4.69, 9.17) is 11.6 Å². The number of imidazole rings is 1. The number of rotatable bonds is 1. The van der Waals surface area contributed by atoms with Crippen LogP contribution in [-0.4, -0.2) is 9.38 Å². The maximum atomic E-state index is 6.13. The predicted molar refractivity (Wildman–Crippen MR) is 73.3 cm³/mol.